The van der Waals surface area contributed by atoms with Crippen molar-refractivity contribution in [1.29, 1.82) is 0 Å². The highest BCUT2D eigenvalue weighted by Gasteiger charge is 2.37. The summed E-state index contributed by atoms with van der Waals surface area (Å²) in [5, 5.41) is 13.2. The topological polar surface area (TPSA) is 35.5 Å². The first kappa shape index (κ1) is 9.19. The second kappa shape index (κ2) is 3.51. The van der Waals surface area contributed by atoms with Crippen LogP contribution in [0.25, 0.3) is 0 Å². The number of aromatic hydroxyl groups is 1. The number of fused-ring (bicyclic) bond motifs is 2. The molecule has 0 aromatic heterocycles. The highest BCUT2D eigenvalue weighted by atomic mass is 16.3. The number of rotatable bonds is 2. The molecule has 2 heterocycles. The molecule has 2 aliphatic heterocycles. The van der Waals surface area contributed by atoms with Gasteiger partial charge in [0.05, 0.1) is 0 Å². The number of benzene rings is 1. The Kier molecular flexibility index (Phi) is 2.15. The Balaban J connectivity index is 1.73. The minimum Gasteiger partial charge on any atom is -0.508 e. The number of nitrogens with zero attached hydrogens (tertiary/aromatic N) is 1. The highest BCUT2D eigenvalue weighted by Crippen LogP contribution is 2.27. The predicted molar refractivity (Wildman–Crippen MR) is 58.7 cm³/mol. The normalized spacial score (nSPS) is 29.9. The summed E-state index contributed by atoms with van der Waals surface area (Å²) in [6.45, 7) is 3.12. The second-order valence-electron chi connectivity index (χ2n) is 4.55. The van der Waals surface area contributed by atoms with Crippen LogP contribution < -0.4 is 5.32 Å². The molecule has 2 aliphatic rings. The molecule has 1 aromatic carbocycles. The van der Waals surface area contributed by atoms with Gasteiger partial charge in [-0.1, -0.05) is 18.2 Å². The fourth-order valence-electron chi connectivity index (χ4n) is 2.70. The zero-order chi connectivity index (χ0) is 10.3. The molecule has 3 nitrogen and oxygen atoms in total. The average Bonchev–Trinajstić information content (AvgIpc) is 2.83. The molecule has 0 radical (unpaired) electrons. The van der Waals surface area contributed by atoms with E-state index in [1.54, 1.807) is 6.07 Å². The lowest BCUT2D eigenvalue weighted by Crippen LogP contribution is -2.42. The number of likely N-dealkylation sites (tertiary alicyclic amines) is 1. The number of hydrogen-bond donors (Lipinski definition) is 2. The first-order valence-electron chi connectivity index (χ1n) is 5.57. The number of phenols is 1. The lowest BCUT2D eigenvalue weighted by Gasteiger charge is -2.27. The smallest absolute Gasteiger partial charge is 0.120 e. The van der Waals surface area contributed by atoms with Crippen molar-refractivity contribution in [2.75, 3.05) is 13.1 Å². The van der Waals surface area contributed by atoms with Crippen LogP contribution in [0.5, 0.6) is 5.75 Å². The molecule has 1 aromatic rings. The summed E-state index contributed by atoms with van der Waals surface area (Å²) in [4.78, 5) is 2.47. The number of para-hydroxylation sites is 1. The Morgan fingerprint density at radius 1 is 1.40 bits per heavy atom. The maximum atomic E-state index is 9.70. The van der Waals surface area contributed by atoms with Crippen molar-refractivity contribution in [1.82, 2.24) is 10.2 Å². The first-order chi connectivity index (χ1) is 7.33. The SMILES string of the molecule is Oc1ccccc1CN1CC2CC1CN2. The molecule has 2 N–H and O–H groups in total. The van der Waals surface area contributed by atoms with E-state index in [9.17, 15) is 5.11 Å². The van der Waals surface area contributed by atoms with Crippen LogP contribution in [0.1, 0.15) is 12.0 Å². The summed E-state index contributed by atoms with van der Waals surface area (Å²) in [6, 6.07) is 8.99. The molecular weight excluding hydrogens is 188 g/mol. The van der Waals surface area contributed by atoms with Crippen LogP contribution in [0, 0.1) is 0 Å². The van der Waals surface area contributed by atoms with Gasteiger partial charge in [-0.2, -0.15) is 0 Å². The number of nitrogens with one attached hydrogen (secondary N) is 1. The zero-order valence-corrected chi connectivity index (χ0v) is 8.69. The Morgan fingerprint density at radius 2 is 2.27 bits per heavy atom. The van der Waals surface area contributed by atoms with Crippen molar-refractivity contribution in [2.45, 2.75) is 25.0 Å². The van der Waals surface area contributed by atoms with Gasteiger partial charge in [0, 0.05) is 37.3 Å². The Bertz CT molecular complexity index is 366. The van der Waals surface area contributed by atoms with E-state index in [2.05, 4.69) is 10.2 Å². The van der Waals surface area contributed by atoms with Crippen LogP contribution in [0.3, 0.4) is 0 Å². The molecule has 2 unspecified atom stereocenters. The van der Waals surface area contributed by atoms with E-state index in [4.69, 9.17) is 0 Å². The van der Waals surface area contributed by atoms with Crippen molar-refractivity contribution in [3.63, 3.8) is 0 Å². The van der Waals surface area contributed by atoms with Crippen LogP contribution in [0.2, 0.25) is 0 Å². The summed E-state index contributed by atoms with van der Waals surface area (Å²) in [5.41, 5.74) is 1.05. The van der Waals surface area contributed by atoms with Gasteiger partial charge in [0.1, 0.15) is 5.75 Å². The van der Waals surface area contributed by atoms with Crippen LogP contribution >= 0.6 is 0 Å². The van der Waals surface area contributed by atoms with Crippen LogP contribution in [0.15, 0.2) is 24.3 Å². The van der Waals surface area contributed by atoms with Crippen molar-refractivity contribution >= 4 is 0 Å². The van der Waals surface area contributed by atoms with Crippen molar-refractivity contribution in [2.24, 2.45) is 0 Å². The third-order valence-corrected chi connectivity index (χ3v) is 3.54. The van der Waals surface area contributed by atoms with Crippen molar-refractivity contribution in [3.05, 3.63) is 29.8 Å². The number of phenolic OH excluding ortho intramolecular Hbond substituents is 1. The third kappa shape index (κ3) is 1.62. The largest absolute Gasteiger partial charge is 0.508 e. The summed E-state index contributed by atoms with van der Waals surface area (Å²) in [6.07, 6.45) is 1.27. The zero-order valence-electron chi connectivity index (χ0n) is 8.69. The maximum Gasteiger partial charge on any atom is 0.120 e. The van der Waals surface area contributed by atoms with Gasteiger partial charge in [0.15, 0.2) is 0 Å². The molecule has 0 aliphatic carbocycles. The van der Waals surface area contributed by atoms with E-state index < -0.39 is 0 Å². The van der Waals surface area contributed by atoms with Gasteiger partial charge < -0.3 is 10.4 Å². The Hall–Kier alpha value is -1.06. The molecule has 0 amide bonds. The molecule has 2 fully saturated rings. The van der Waals surface area contributed by atoms with Crippen LogP contribution in [0.4, 0.5) is 0 Å². The molecule has 3 rings (SSSR count). The Labute approximate surface area is 89.7 Å². The van der Waals surface area contributed by atoms with E-state index in [1.807, 2.05) is 18.2 Å². The summed E-state index contributed by atoms with van der Waals surface area (Å²) in [7, 11) is 0. The molecule has 3 heteroatoms. The summed E-state index contributed by atoms with van der Waals surface area (Å²) < 4.78 is 0. The van der Waals surface area contributed by atoms with Crippen LogP contribution in [-0.2, 0) is 6.54 Å². The summed E-state index contributed by atoms with van der Waals surface area (Å²) >= 11 is 0. The average molecular weight is 204 g/mol. The van der Waals surface area contributed by atoms with Gasteiger partial charge >= 0.3 is 0 Å². The van der Waals surface area contributed by atoms with E-state index in [0.29, 0.717) is 17.8 Å². The van der Waals surface area contributed by atoms with Gasteiger partial charge in [-0.25, -0.2) is 0 Å². The monoisotopic (exact) mass is 204 g/mol. The molecule has 0 spiro atoms. The molecule has 2 bridgehead atoms. The molecule has 80 valence electrons. The summed E-state index contributed by atoms with van der Waals surface area (Å²) in [5.74, 6) is 0.424. The lowest BCUT2D eigenvalue weighted by molar-refractivity contribution is 0.215. The lowest BCUT2D eigenvalue weighted by atomic mass is 10.1. The van der Waals surface area contributed by atoms with Gasteiger partial charge in [0.25, 0.3) is 0 Å². The Morgan fingerprint density at radius 3 is 2.93 bits per heavy atom. The molecule has 0 saturated carbocycles. The highest BCUT2D eigenvalue weighted by molar-refractivity contribution is 5.31. The fraction of sp³-hybridized carbons (Fsp3) is 0.500. The maximum absolute atomic E-state index is 9.70. The van der Waals surface area contributed by atoms with Crippen LogP contribution in [-0.4, -0.2) is 35.2 Å². The van der Waals surface area contributed by atoms with Crippen molar-refractivity contribution < 1.29 is 5.11 Å². The van der Waals surface area contributed by atoms with Crippen molar-refractivity contribution in [3.8, 4) is 5.75 Å². The molecular formula is C12H16N2O. The van der Waals surface area contributed by atoms with Gasteiger partial charge in [-0.15, -0.1) is 0 Å². The third-order valence-electron chi connectivity index (χ3n) is 3.54. The van der Waals surface area contributed by atoms with Gasteiger partial charge in [0.2, 0.25) is 0 Å². The van der Waals surface area contributed by atoms with E-state index >= 15 is 0 Å². The van der Waals surface area contributed by atoms with E-state index in [-0.39, 0.29) is 0 Å². The minimum atomic E-state index is 0.424. The van der Waals surface area contributed by atoms with E-state index in [0.717, 1.165) is 25.2 Å². The van der Waals surface area contributed by atoms with Gasteiger partial charge in [-0.05, 0) is 12.5 Å². The number of piperazine rings is 1. The first-order valence-corrected chi connectivity index (χ1v) is 5.57. The van der Waals surface area contributed by atoms with Gasteiger partial charge in [-0.3, -0.25) is 4.90 Å². The molecule has 15 heavy (non-hydrogen) atoms. The molecule has 2 saturated heterocycles. The van der Waals surface area contributed by atoms with E-state index in [1.165, 1.54) is 6.42 Å². The second-order valence-corrected chi connectivity index (χ2v) is 4.55. The fourth-order valence-corrected chi connectivity index (χ4v) is 2.70. The molecule has 2 atom stereocenters. The minimum absolute atomic E-state index is 0.424. The number of hydrogen-bond acceptors (Lipinski definition) is 3. The standard InChI is InChI=1S/C12H16N2O/c15-12-4-2-1-3-9(12)7-14-8-10-5-11(14)6-13-10/h1-4,10-11,13,15H,5-8H2. The predicted octanol–water partition coefficient (Wildman–Crippen LogP) is 0.938. The quantitative estimate of drug-likeness (QED) is 0.752.